The van der Waals surface area contributed by atoms with Crippen molar-refractivity contribution in [1.82, 2.24) is 0 Å². The molecule has 0 aromatic carbocycles. The highest BCUT2D eigenvalue weighted by molar-refractivity contribution is 5.26. The highest BCUT2D eigenvalue weighted by Gasteiger charge is 2.62. The molecule has 66 valence electrons. The minimum absolute atomic E-state index is 0.426. The third kappa shape index (κ3) is 0.886. The molecule has 1 aliphatic rings. The fourth-order valence-corrected chi connectivity index (χ4v) is 1.58. The van der Waals surface area contributed by atoms with E-state index in [0.29, 0.717) is 18.6 Å². The lowest BCUT2D eigenvalue weighted by molar-refractivity contribution is -0.0268. The van der Waals surface area contributed by atoms with Crippen molar-refractivity contribution >= 4 is 0 Å². The molecule has 1 aromatic rings. The number of furan rings is 1. The fraction of sp³-hybridized carbons (Fsp3) is 0.556. The van der Waals surface area contributed by atoms with Gasteiger partial charge in [-0.1, -0.05) is 0 Å². The molecule has 1 nitrogen and oxygen atoms in total. The molecule has 0 N–H and O–H groups in total. The Labute approximate surface area is 69.4 Å². The van der Waals surface area contributed by atoms with Crippen LogP contribution in [0, 0.1) is 0 Å². The van der Waals surface area contributed by atoms with Crippen LogP contribution in [0.4, 0.5) is 8.78 Å². The summed E-state index contributed by atoms with van der Waals surface area (Å²) in [5.41, 5.74) is -0.990. The molecular formula is C9H10F2O. The van der Waals surface area contributed by atoms with Crippen molar-refractivity contribution < 1.29 is 13.2 Å². The van der Waals surface area contributed by atoms with E-state index in [4.69, 9.17) is 4.42 Å². The Hall–Kier alpha value is -0.860. The van der Waals surface area contributed by atoms with Gasteiger partial charge in [-0.05, 0) is 25.0 Å². The van der Waals surface area contributed by atoms with Gasteiger partial charge in [0.2, 0.25) is 0 Å². The lowest BCUT2D eigenvalue weighted by atomic mass is 9.96. The van der Waals surface area contributed by atoms with Crippen molar-refractivity contribution in [2.75, 3.05) is 0 Å². The number of rotatable bonds is 2. The second kappa shape index (κ2) is 2.09. The van der Waals surface area contributed by atoms with E-state index in [1.54, 1.807) is 12.1 Å². The summed E-state index contributed by atoms with van der Waals surface area (Å²) in [4.78, 5) is 0. The molecule has 0 saturated heterocycles. The molecule has 3 heteroatoms. The predicted octanol–water partition coefficient (Wildman–Crippen LogP) is 2.97. The quantitative estimate of drug-likeness (QED) is 0.668. The smallest absolute Gasteiger partial charge is 0.257 e. The Morgan fingerprint density at radius 1 is 1.50 bits per heavy atom. The van der Waals surface area contributed by atoms with Gasteiger partial charge in [0.05, 0.1) is 11.7 Å². The van der Waals surface area contributed by atoms with E-state index in [1.807, 2.05) is 0 Å². The first kappa shape index (κ1) is 7.77. The van der Waals surface area contributed by atoms with Crippen LogP contribution < -0.4 is 0 Å². The lowest BCUT2D eigenvalue weighted by Gasteiger charge is -2.20. The molecule has 1 fully saturated rings. The Kier molecular flexibility index (Phi) is 1.35. The zero-order valence-corrected chi connectivity index (χ0v) is 6.81. The van der Waals surface area contributed by atoms with Crippen LogP contribution in [0.15, 0.2) is 22.8 Å². The lowest BCUT2D eigenvalue weighted by Crippen LogP contribution is -2.29. The van der Waals surface area contributed by atoms with E-state index in [1.165, 1.54) is 6.26 Å². The number of hydrogen-bond acceptors (Lipinski definition) is 1. The van der Waals surface area contributed by atoms with E-state index in [2.05, 4.69) is 0 Å². The van der Waals surface area contributed by atoms with Crippen LogP contribution in [0.25, 0.3) is 0 Å². The van der Waals surface area contributed by atoms with E-state index in [9.17, 15) is 8.78 Å². The first-order valence-corrected chi connectivity index (χ1v) is 3.98. The number of hydrogen-bond donors (Lipinski definition) is 0. The number of halogens is 2. The van der Waals surface area contributed by atoms with Crippen LogP contribution in [0.1, 0.15) is 25.5 Å². The molecule has 0 atom stereocenters. The standard InChI is InChI=1S/C9H10F2O/c1-8(10,11)9(4-5-9)7-3-2-6-12-7/h2-3,6H,4-5H2,1H3. The van der Waals surface area contributed by atoms with Gasteiger partial charge in [-0.25, -0.2) is 8.78 Å². The second-order valence-corrected chi connectivity index (χ2v) is 3.45. The maximum absolute atomic E-state index is 13.1. The van der Waals surface area contributed by atoms with Crippen molar-refractivity contribution in [3.05, 3.63) is 24.2 Å². The van der Waals surface area contributed by atoms with Crippen molar-refractivity contribution in [1.29, 1.82) is 0 Å². The van der Waals surface area contributed by atoms with Gasteiger partial charge in [0.1, 0.15) is 5.76 Å². The van der Waals surface area contributed by atoms with Gasteiger partial charge in [0, 0.05) is 6.92 Å². The molecule has 0 bridgehead atoms. The first-order valence-electron chi connectivity index (χ1n) is 3.98. The van der Waals surface area contributed by atoms with Gasteiger partial charge in [-0.15, -0.1) is 0 Å². The van der Waals surface area contributed by atoms with Crippen LogP contribution in [0.3, 0.4) is 0 Å². The average molecular weight is 172 g/mol. The van der Waals surface area contributed by atoms with Crippen LogP contribution in [0.2, 0.25) is 0 Å². The molecule has 0 radical (unpaired) electrons. The molecule has 0 amide bonds. The Morgan fingerprint density at radius 2 is 2.17 bits per heavy atom. The zero-order chi connectivity index (χ0) is 8.82. The fourth-order valence-electron chi connectivity index (χ4n) is 1.58. The molecule has 0 aliphatic heterocycles. The third-order valence-corrected chi connectivity index (χ3v) is 2.58. The Morgan fingerprint density at radius 3 is 2.50 bits per heavy atom. The van der Waals surface area contributed by atoms with Crippen molar-refractivity contribution in [2.45, 2.75) is 31.1 Å². The topological polar surface area (TPSA) is 13.1 Å². The summed E-state index contributed by atoms with van der Waals surface area (Å²) in [5.74, 6) is -2.24. The molecular weight excluding hydrogens is 162 g/mol. The minimum Gasteiger partial charge on any atom is -0.469 e. The molecule has 1 saturated carbocycles. The number of alkyl halides is 2. The van der Waals surface area contributed by atoms with Crippen molar-refractivity contribution in [3.63, 3.8) is 0 Å². The van der Waals surface area contributed by atoms with E-state index in [-0.39, 0.29) is 0 Å². The minimum atomic E-state index is -2.66. The molecule has 0 spiro atoms. The maximum atomic E-state index is 13.1. The van der Waals surface area contributed by atoms with Gasteiger partial charge < -0.3 is 4.42 Å². The highest BCUT2D eigenvalue weighted by Crippen LogP contribution is 2.58. The Bertz CT molecular complexity index is 267. The molecule has 0 unspecified atom stereocenters. The monoisotopic (exact) mass is 172 g/mol. The summed E-state index contributed by atoms with van der Waals surface area (Å²) in [6.45, 7) is 0.961. The van der Waals surface area contributed by atoms with Gasteiger partial charge in [-0.3, -0.25) is 0 Å². The third-order valence-electron chi connectivity index (χ3n) is 2.58. The normalized spacial score (nSPS) is 20.9. The van der Waals surface area contributed by atoms with E-state index in [0.717, 1.165) is 6.92 Å². The second-order valence-electron chi connectivity index (χ2n) is 3.45. The summed E-state index contributed by atoms with van der Waals surface area (Å²) in [6, 6.07) is 3.28. The van der Waals surface area contributed by atoms with Crippen LogP contribution in [-0.4, -0.2) is 5.92 Å². The van der Waals surface area contributed by atoms with Crippen molar-refractivity contribution in [3.8, 4) is 0 Å². The molecule has 2 rings (SSSR count). The Balaban J connectivity index is 2.35. The maximum Gasteiger partial charge on any atom is 0.257 e. The van der Waals surface area contributed by atoms with Crippen LogP contribution in [0.5, 0.6) is 0 Å². The molecule has 12 heavy (non-hydrogen) atoms. The predicted molar refractivity (Wildman–Crippen MR) is 40.2 cm³/mol. The SMILES string of the molecule is CC(F)(F)C1(c2ccco2)CC1. The molecule has 1 aliphatic carbocycles. The van der Waals surface area contributed by atoms with Gasteiger partial charge in [0.25, 0.3) is 5.92 Å². The first-order chi connectivity index (χ1) is 5.56. The van der Waals surface area contributed by atoms with E-state index < -0.39 is 11.3 Å². The molecule has 1 heterocycles. The summed E-state index contributed by atoms with van der Waals surface area (Å²) in [5, 5.41) is 0. The summed E-state index contributed by atoms with van der Waals surface area (Å²) in [6.07, 6.45) is 2.51. The van der Waals surface area contributed by atoms with Crippen LogP contribution in [-0.2, 0) is 5.41 Å². The van der Waals surface area contributed by atoms with E-state index >= 15 is 0 Å². The summed E-state index contributed by atoms with van der Waals surface area (Å²) < 4.78 is 31.1. The summed E-state index contributed by atoms with van der Waals surface area (Å²) in [7, 11) is 0. The van der Waals surface area contributed by atoms with Gasteiger partial charge >= 0.3 is 0 Å². The average Bonchev–Trinajstić information content (AvgIpc) is 2.61. The summed E-state index contributed by atoms with van der Waals surface area (Å²) >= 11 is 0. The van der Waals surface area contributed by atoms with Gasteiger partial charge in [-0.2, -0.15) is 0 Å². The van der Waals surface area contributed by atoms with Crippen molar-refractivity contribution in [2.24, 2.45) is 0 Å². The largest absolute Gasteiger partial charge is 0.469 e. The zero-order valence-electron chi connectivity index (χ0n) is 6.81. The van der Waals surface area contributed by atoms with Crippen LogP contribution >= 0.6 is 0 Å². The van der Waals surface area contributed by atoms with Gasteiger partial charge in [0.15, 0.2) is 0 Å². The highest BCUT2D eigenvalue weighted by atomic mass is 19.3. The molecule has 1 aromatic heterocycles.